The van der Waals surface area contributed by atoms with Crippen LogP contribution in [0.15, 0.2) is 12.2 Å². The van der Waals surface area contributed by atoms with Crippen molar-refractivity contribution < 1.29 is 9.59 Å². The Morgan fingerprint density at radius 3 is 2.60 bits per heavy atom. The van der Waals surface area contributed by atoms with Gasteiger partial charge in [0.2, 0.25) is 11.8 Å². The highest BCUT2D eigenvalue weighted by Gasteiger charge is 2.27. The highest BCUT2D eigenvalue weighted by molar-refractivity contribution is 5.87. The van der Waals surface area contributed by atoms with Gasteiger partial charge in [-0.15, -0.1) is 0 Å². The van der Waals surface area contributed by atoms with Crippen molar-refractivity contribution in [2.45, 2.75) is 31.7 Å². The minimum absolute atomic E-state index is 0.0933. The largest absolute Gasteiger partial charge is 0.353 e. The number of piperidine rings is 2. The molecule has 3 N–H and O–H groups in total. The molecule has 3 rings (SSSR count). The van der Waals surface area contributed by atoms with Gasteiger partial charge in [0.15, 0.2) is 0 Å². The zero-order chi connectivity index (χ0) is 17.6. The molecule has 7 heteroatoms. The number of hydrogen-bond donors (Lipinski definition) is 3. The van der Waals surface area contributed by atoms with Gasteiger partial charge >= 0.3 is 0 Å². The summed E-state index contributed by atoms with van der Waals surface area (Å²) in [6.07, 6.45) is 7.48. The predicted molar refractivity (Wildman–Crippen MR) is 96.6 cm³/mol. The number of hydrazine groups is 1. The van der Waals surface area contributed by atoms with Crippen molar-refractivity contribution >= 4 is 11.8 Å². The van der Waals surface area contributed by atoms with Crippen LogP contribution in [0.5, 0.6) is 0 Å². The van der Waals surface area contributed by atoms with Crippen molar-refractivity contribution in [3.05, 3.63) is 12.2 Å². The molecule has 2 unspecified atom stereocenters. The highest BCUT2D eigenvalue weighted by Crippen LogP contribution is 2.15. The number of amides is 2. The first-order valence-corrected chi connectivity index (χ1v) is 9.54. The van der Waals surface area contributed by atoms with E-state index in [2.05, 4.69) is 21.1 Å². The maximum Gasteiger partial charge on any atom is 0.246 e. The Morgan fingerprint density at radius 2 is 1.96 bits per heavy atom. The Bertz CT molecular complexity index is 496. The Kier molecular flexibility index (Phi) is 6.45. The molecule has 0 spiro atoms. The lowest BCUT2D eigenvalue weighted by molar-refractivity contribution is -0.128. The van der Waals surface area contributed by atoms with Crippen LogP contribution in [0.1, 0.15) is 25.7 Å². The van der Waals surface area contributed by atoms with E-state index in [1.165, 1.54) is 0 Å². The van der Waals surface area contributed by atoms with Gasteiger partial charge in [-0.2, -0.15) is 0 Å². The lowest BCUT2D eigenvalue weighted by atomic mass is 9.97. The van der Waals surface area contributed by atoms with Crippen LogP contribution in [0.3, 0.4) is 0 Å². The predicted octanol–water partition coefficient (Wildman–Crippen LogP) is -0.284. The number of carbonyl (C=O) groups excluding carboxylic acids is 2. The van der Waals surface area contributed by atoms with Crippen LogP contribution in [0.4, 0.5) is 0 Å². The summed E-state index contributed by atoms with van der Waals surface area (Å²) in [5.41, 5.74) is 3.24. The number of hydrogen-bond acceptors (Lipinski definition) is 5. The maximum atomic E-state index is 12.3. The molecule has 140 valence electrons. The van der Waals surface area contributed by atoms with Gasteiger partial charge in [-0.25, -0.2) is 5.01 Å². The Morgan fingerprint density at radius 1 is 1.16 bits per heavy atom. The molecular formula is C18H31N5O2. The molecule has 0 bridgehead atoms. The molecule has 3 aliphatic heterocycles. The van der Waals surface area contributed by atoms with Gasteiger partial charge in [-0.1, -0.05) is 6.08 Å². The molecule has 0 saturated carbocycles. The molecule has 0 aromatic heterocycles. The van der Waals surface area contributed by atoms with Crippen molar-refractivity contribution in [2.24, 2.45) is 11.8 Å². The molecule has 2 atom stereocenters. The summed E-state index contributed by atoms with van der Waals surface area (Å²) in [6.45, 7) is 5.09. The summed E-state index contributed by atoms with van der Waals surface area (Å²) in [4.78, 5) is 26.5. The summed E-state index contributed by atoms with van der Waals surface area (Å²) in [5, 5.41) is 8.52. The SMILES string of the molecule is CN1CC(/C=C\C(=O)N2CCC(NC(=O)C3CCCNC3)CC2)CN1. The molecule has 3 aliphatic rings. The van der Waals surface area contributed by atoms with E-state index >= 15 is 0 Å². The van der Waals surface area contributed by atoms with Gasteiger partial charge in [0.25, 0.3) is 0 Å². The average molecular weight is 349 g/mol. The van der Waals surface area contributed by atoms with E-state index in [1.807, 2.05) is 18.0 Å². The Labute approximate surface area is 150 Å². The number of carbonyl (C=O) groups is 2. The molecule has 2 amide bonds. The molecule has 3 heterocycles. The van der Waals surface area contributed by atoms with Crippen molar-refractivity contribution in [2.75, 3.05) is 46.3 Å². The molecule has 0 aromatic carbocycles. The Hall–Kier alpha value is -1.44. The second-order valence-corrected chi connectivity index (χ2v) is 7.51. The molecule has 0 radical (unpaired) electrons. The lowest BCUT2D eigenvalue weighted by Crippen LogP contribution is -2.49. The molecule has 7 nitrogen and oxygen atoms in total. The standard InChI is InChI=1S/C18H31N5O2/c1-22-13-14(11-20-22)4-5-17(24)23-9-6-16(7-10-23)21-18(25)15-3-2-8-19-12-15/h4-5,14-16,19-20H,2-3,6-13H2,1H3,(H,21,25)/b5-4-. The number of likely N-dealkylation sites (tertiary alicyclic amines) is 1. The number of nitrogens with one attached hydrogen (secondary N) is 3. The molecule has 0 aromatic rings. The fourth-order valence-electron chi connectivity index (χ4n) is 3.85. The quantitative estimate of drug-likeness (QED) is 0.609. The summed E-state index contributed by atoms with van der Waals surface area (Å²) in [6, 6.07) is 0.204. The van der Waals surface area contributed by atoms with E-state index in [4.69, 9.17) is 0 Å². The van der Waals surface area contributed by atoms with E-state index in [1.54, 1.807) is 6.08 Å². The summed E-state index contributed by atoms with van der Waals surface area (Å²) < 4.78 is 0. The van der Waals surface area contributed by atoms with Gasteiger partial charge in [-0.05, 0) is 38.3 Å². The van der Waals surface area contributed by atoms with E-state index in [0.717, 1.165) is 65.0 Å². The summed E-state index contributed by atoms with van der Waals surface area (Å²) >= 11 is 0. The van der Waals surface area contributed by atoms with Crippen molar-refractivity contribution in [1.82, 2.24) is 26.0 Å². The zero-order valence-corrected chi connectivity index (χ0v) is 15.2. The first-order valence-electron chi connectivity index (χ1n) is 9.54. The van der Waals surface area contributed by atoms with E-state index in [9.17, 15) is 9.59 Å². The van der Waals surface area contributed by atoms with Crippen LogP contribution in [-0.4, -0.2) is 74.1 Å². The minimum atomic E-state index is 0.0933. The van der Waals surface area contributed by atoms with Crippen LogP contribution in [-0.2, 0) is 9.59 Å². The third-order valence-electron chi connectivity index (χ3n) is 5.46. The van der Waals surface area contributed by atoms with E-state index in [0.29, 0.717) is 5.92 Å². The Balaban J connectivity index is 1.38. The summed E-state index contributed by atoms with van der Waals surface area (Å²) in [7, 11) is 2.01. The molecule has 0 aliphatic carbocycles. The smallest absolute Gasteiger partial charge is 0.246 e. The molecule has 25 heavy (non-hydrogen) atoms. The fourth-order valence-corrected chi connectivity index (χ4v) is 3.85. The van der Waals surface area contributed by atoms with Crippen LogP contribution in [0, 0.1) is 11.8 Å². The first-order chi connectivity index (χ1) is 12.1. The van der Waals surface area contributed by atoms with Gasteiger partial charge < -0.3 is 15.5 Å². The van der Waals surface area contributed by atoms with E-state index < -0.39 is 0 Å². The van der Waals surface area contributed by atoms with Gasteiger partial charge in [0, 0.05) is 51.7 Å². The third-order valence-corrected chi connectivity index (χ3v) is 5.46. The highest BCUT2D eigenvalue weighted by atomic mass is 16.2. The second-order valence-electron chi connectivity index (χ2n) is 7.51. The zero-order valence-electron chi connectivity index (χ0n) is 15.2. The van der Waals surface area contributed by atoms with Crippen LogP contribution < -0.4 is 16.1 Å². The monoisotopic (exact) mass is 349 g/mol. The van der Waals surface area contributed by atoms with E-state index in [-0.39, 0.29) is 23.8 Å². The van der Waals surface area contributed by atoms with Crippen molar-refractivity contribution in [3.63, 3.8) is 0 Å². The minimum Gasteiger partial charge on any atom is -0.353 e. The van der Waals surface area contributed by atoms with Crippen LogP contribution in [0.25, 0.3) is 0 Å². The van der Waals surface area contributed by atoms with Gasteiger partial charge in [0.05, 0.1) is 5.92 Å². The molecular weight excluding hydrogens is 318 g/mol. The third kappa shape index (κ3) is 5.26. The van der Waals surface area contributed by atoms with Crippen molar-refractivity contribution in [3.8, 4) is 0 Å². The van der Waals surface area contributed by atoms with Crippen LogP contribution >= 0.6 is 0 Å². The number of rotatable bonds is 4. The van der Waals surface area contributed by atoms with Gasteiger partial charge in [-0.3, -0.25) is 15.0 Å². The molecule has 3 saturated heterocycles. The number of nitrogens with zero attached hydrogens (tertiary/aromatic N) is 2. The first kappa shape index (κ1) is 18.4. The van der Waals surface area contributed by atoms with Gasteiger partial charge in [0.1, 0.15) is 0 Å². The fraction of sp³-hybridized carbons (Fsp3) is 0.778. The normalized spacial score (nSPS) is 29.2. The van der Waals surface area contributed by atoms with Crippen molar-refractivity contribution in [1.29, 1.82) is 0 Å². The average Bonchev–Trinajstić information content (AvgIpc) is 3.06. The summed E-state index contributed by atoms with van der Waals surface area (Å²) in [5.74, 6) is 0.773. The lowest BCUT2D eigenvalue weighted by Gasteiger charge is -2.33. The maximum absolute atomic E-state index is 12.3. The topological polar surface area (TPSA) is 76.7 Å². The second kappa shape index (κ2) is 8.78. The molecule has 3 fully saturated rings. The van der Waals surface area contributed by atoms with Crippen LogP contribution in [0.2, 0.25) is 0 Å².